The normalized spacial score (nSPS) is 19.0. The Bertz CT molecular complexity index is 819. The van der Waals surface area contributed by atoms with E-state index in [4.69, 9.17) is 0 Å². The van der Waals surface area contributed by atoms with Crippen molar-refractivity contribution in [3.05, 3.63) is 27.2 Å². The Hall–Kier alpha value is -1.93. The number of aliphatic hydroxyl groups is 1. The third-order valence-electron chi connectivity index (χ3n) is 4.74. The van der Waals surface area contributed by atoms with Gasteiger partial charge in [-0.25, -0.2) is 9.78 Å². The van der Waals surface area contributed by atoms with Gasteiger partial charge in [-0.05, 0) is 25.8 Å². The van der Waals surface area contributed by atoms with Gasteiger partial charge in [-0.1, -0.05) is 0 Å². The molecule has 1 aliphatic rings. The molecule has 0 amide bonds. The molecular weight excluding hydrogens is 298 g/mol. The molecule has 8 heteroatoms. The van der Waals surface area contributed by atoms with Crippen molar-refractivity contribution >= 4 is 11.2 Å². The SMILES string of the molecule is Cn1cnc2c1c(=O)n(CCCN1CCC[C@@H]1CO)c(=O)n2C. The van der Waals surface area contributed by atoms with Crippen LogP contribution in [-0.2, 0) is 20.6 Å². The molecule has 2 aromatic heterocycles. The Morgan fingerprint density at radius 3 is 2.83 bits per heavy atom. The molecule has 1 aliphatic heterocycles. The predicted octanol–water partition coefficient (Wildman–Crippen LogP) is -0.719. The minimum Gasteiger partial charge on any atom is -0.395 e. The maximum absolute atomic E-state index is 12.6. The summed E-state index contributed by atoms with van der Waals surface area (Å²) in [4.78, 5) is 31.3. The second kappa shape index (κ2) is 6.29. The van der Waals surface area contributed by atoms with Crippen LogP contribution in [0.3, 0.4) is 0 Å². The maximum atomic E-state index is 12.6. The van der Waals surface area contributed by atoms with Crippen molar-refractivity contribution in [3.63, 3.8) is 0 Å². The van der Waals surface area contributed by atoms with E-state index in [0.29, 0.717) is 24.1 Å². The highest BCUT2D eigenvalue weighted by molar-refractivity contribution is 5.69. The molecule has 2 aromatic rings. The third-order valence-corrected chi connectivity index (χ3v) is 4.74. The van der Waals surface area contributed by atoms with Gasteiger partial charge in [0.25, 0.3) is 5.56 Å². The fourth-order valence-electron chi connectivity index (χ4n) is 3.42. The molecule has 23 heavy (non-hydrogen) atoms. The van der Waals surface area contributed by atoms with Crippen LogP contribution in [0, 0.1) is 0 Å². The Kier molecular flexibility index (Phi) is 4.36. The maximum Gasteiger partial charge on any atom is 0.332 e. The first-order valence-corrected chi connectivity index (χ1v) is 8.00. The van der Waals surface area contributed by atoms with Gasteiger partial charge < -0.3 is 9.67 Å². The van der Waals surface area contributed by atoms with Crippen LogP contribution in [-0.4, -0.2) is 54.4 Å². The van der Waals surface area contributed by atoms with Gasteiger partial charge in [0.1, 0.15) is 0 Å². The summed E-state index contributed by atoms with van der Waals surface area (Å²) in [6, 6.07) is 0.217. The second-order valence-electron chi connectivity index (χ2n) is 6.19. The van der Waals surface area contributed by atoms with Crippen LogP contribution in [0.1, 0.15) is 19.3 Å². The van der Waals surface area contributed by atoms with E-state index in [2.05, 4.69) is 9.88 Å². The van der Waals surface area contributed by atoms with Crippen molar-refractivity contribution < 1.29 is 5.11 Å². The van der Waals surface area contributed by atoms with E-state index >= 15 is 0 Å². The summed E-state index contributed by atoms with van der Waals surface area (Å²) in [5.41, 5.74) is 0.240. The first-order chi connectivity index (χ1) is 11.0. The summed E-state index contributed by atoms with van der Waals surface area (Å²) < 4.78 is 4.35. The first kappa shape index (κ1) is 15.9. The van der Waals surface area contributed by atoms with Crippen molar-refractivity contribution in [3.8, 4) is 0 Å². The van der Waals surface area contributed by atoms with Gasteiger partial charge in [0.2, 0.25) is 0 Å². The van der Waals surface area contributed by atoms with Crippen LogP contribution in [0.25, 0.3) is 11.2 Å². The zero-order chi connectivity index (χ0) is 16.6. The average molecular weight is 321 g/mol. The van der Waals surface area contributed by atoms with Crippen molar-refractivity contribution in [2.75, 3.05) is 19.7 Å². The van der Waals surface area contributed by atoms with E-state index < -0.39 is 0 Å². The Morgan fingerprint density at radius 2 is 2.09 bits per heavy atom. The van der Waals surface area contributed by atoms with Crippen molar-refractivity contribution in [1.29, 1.82) is 0 Å². The number of hydrogen-bond acceptors (Lipinski definition) is 5. The summed E-state index contributed by atoms with van der Waals surface area (Å²) in [5.74, 6) is 0. The van der Waals surface area contributed by atoms with Gasteiger partial charge in [-0.2, -0.15) is 0 Å². The van der Waals surface area contributed by atoms with Crippen LogP contribution < -0.4 is 11.2 Å². The summed E-state index contributed by atoms with van der Waals surface area (Å²) in [5, 5.41) is 9.34. The Morgan fingerprint density at radius 1 is 1.30 bits per heavy atom. The van der Waals surface area contributed by atoms with Gasteiger partial charge in [-0.3, -0.25) is 18.8 Å². The number of imidazole rings is 1. The smallest absolute Gasteiger partial charge is 0.332 e. The van der Waals surface area contributed by atoms with Crippen molar-refractivity contribution in [2.45, 2.75) is 31.8 Å². The van der Waals surface area contributed by atoms with Gasteiger partial charge in [0.05, 0.1) is 12.9 Å². The number of hydrogen-bond donors (Lipinski definition) is 1. The Labute approximate surface area is 133 Å². The summed E-state index contributed by atoms with van der Waals surface area (Å²) in [6.45, 7) is 2.30. The van der Waals surface area contributed by atoms with Crippen LogP contribution in [0.5, 0.6) is 0 Å². The fourth-order valence-corrected chi connectivity index (χ4v) is 3.42. The molecule has 0 radical (unpaired) electrons. The second-order valence-corrected chi connectivity index (χ2v) is 6.19. The Balaban J connectivity index is 1.82. The molecule has 1 saturated heterocycles. The van der Waals surface area contributed by atoms with E-state index in [1.807, 2.05) is 0 Å². The molecular formula is C15H23N5O3. The number of aryl methyl sites for hydroxylation is 2. The van der Waals surface area contributed by atoms with Gasteiger partial charge in [-0.15, -0.1) is 0 Å². The largest absolute Gasteiger partial charge is 0.395 e. The molecule has 0 spiro atoms. The van der Waals surface area contributed by atoms with E-state index in [0.717, 1.165) is 25.9 Å². The molecule has 0 saturated carbocycles. The molecule has 126 valence electrons. The molecule has 8 nitrogen and oxygen atoms in total. The van der Waals surface area contributed by atoms with E-state index in [1.165, 1.54) is 9.13 Å². The van der Waals surface area contributed by atoms with Gasteiger partial charge in [0, 0.05) is 33.2 Å². The number of nitrogens with zero attached hydrogens (tertiary/aromatic N) is 5. The average Bonchev–Trinajstić information content (AvgIpc) is 3.14. The minimum absolute atomic E-state index is 0.169. The summed E-state index contributed by atoms with van der Waals surface area (Å²) in [7, 11) is 3.39. The molecule has 1 fully saturated rings. The highest BCUT2D eigenvalue weighted by Gasteiger charge is 2.23. The van der Waals surface area contributed by atoms with Crippen LogP contribution in [0.15, 0.2) is 15.9 Å². The molecule has 0 unspecified atom stereocenters. The van der Waals surface area contributed by atoms with Gasteiger partial charge >= 0.3 is 5.69 Å². The molecule has 0 bridgehead atoms. The lowest BCUT2D eigenvalue weighted by Crippen LogP contribution is -2.40. The van der Waals surface area contributed by atoms with Gasteiger partial charge in [0.15, 0.2) is 11.2 Å². The third kappa shape index (κ3) is 2.72. The molecule has 3 rings (SSSR count). The standard InChI is InChI=1S/C15H23N5O3/c1-17-10-16-13-12(17)14(22)20(15(23)18(13)2)8-4-7-19-6-3-5-11(19)9-21/h10-11,21H,3-9H2,1-2H3/t11-/m1/s1. The number of likely N-dealkylation sites (tertiary alicyclic amines) is 1. The molecule has 0 aromatic carbocycles. The molecule has 1 N–H and O–H groups in total. The minimum atomic E-state index is -0.332. The lowest BCUT2D eigenvalue weighted by molar-refractivity contribution is 0.156. The highest BCUT2D eigenvalue weighted by atomic mass is 16.3. The highest BCUT2D eigenvalue weighted by Crippen LogP contribution is 2.16. The van der Waals surface area contributed by atoms with E-state index in [-0.39, 0.29) is 23.9 Å². The fraction of sp³-hybridized carbons (Fsp3) is 0.667. The van der Waals surface area contributed by atoms with Crippen LogP contribution >= 0.6 is 0 Å². The number of fused-ring (bicyclic) bond motifs is 1. The van der Waals surface area contributed by atoms with E-state index in [9.17, 15) is 14.7 Å². The number of aliphatic hydroxyl groups excluding tert-OH is 1. The zero-order valence-corrected chi connectivity index (χ0v) is 13.6. The molecule has 3 heterocycles. The lowest BCUT2D eigenvalue weighted by atomic mass is 10.2. The monoisotopic (exact) mass is 321 g/mol. The van der Waals surface area contributed by atoms with E-state index in [1.54, 1.807) is 25.0 Å². The topological polar surface area (TPSA) is 85.3 Å². The van der Waals surface area contributed by atoms with Crippen molar-refractivity contribution in [1.82, 2.24) is 23.6 Å². The first-order valence-electron chi connectivity index (χ1n) is 8.00. The number of rotatable bonds is 5. The number of aromatic nitrogens is 4. The van der Waals surface area contributed by atoms with Crippen LogP contribution in [0.4, 0.5) is 0 Å². The summed E-state index contributed by atoms with van der Waals surface area (Å²) in [6.07, 6.45) is 4.36. The zero-order valence-electron chi connectivity index (χ0n) is 13.6. The lowest BCUT2D eigenvalue weighted by Gasteiger charge is -2.22. The van der Waals surface area contributed by atoms with Crippen molar-refractivity contribution in [2.24, 2.45) is 14.1 Å². The molecule has 1 atom stereocenters. The van der Waals surface area contributed by atoms with Crippen LogP contribution in [0.2, 0.25) is 0 Å². The predicted molar refractivity (Wildman–Crippen MR) is 86.5 cm³/mol. The molecule has 0 aliphatic carbocycles. The quantitative estimate of drug-likeness (QED) is 0.786. The summed E-state index contributed by atoms with van der Waals surface area (Å²) >= 11 is 0.